The van der Waals surface area contributed by atoms with Crippen LogP contribution in [0, 0.1) is 6.92 Å². The second kappa shape index (κ2) is 5.21. The minimum atomic E-state index is 0.602. The van der Waals surface area contributed by atoms with Crippen molar-refractivity contribution in [2.24, 2.45) is 5.73 Å². The fourth-order valence-corrected chi connectivity index (χ4v) is 2.43. The number of fused-ring (bicyclic) bond motifs is 1. The van der Waals surface area contributed by atoms with Crippen LogP contribution in [0.1, 0.15) is 17.7 Å². The first-order chi connectivity index (χ1) is 8.11. The molecule has 2 nitrogen and oxygen atoms in total. The van der Waals surface area contributed by atoms with Crippen molar-refractivity contribution >= 4 is 34.1 Å². The van der Waals surface area contributed by atoms with Gasteiger partial charge in [-0.2, -0.15) is 0 Å². The summed E-state index contributed by atoms with van der Waals surface area (Å²) in [5, 5.41) is 2.26. The summed E-state index contributed by atoms with van der Waals surface area (Å²) in [6, 6.07) is 5.70. The summed E-state index contributed by atoms with van der Waals surface area (Å²) in [6.07, 6.45) is 1.81. The molecule has 0 bridgehead atoms. The van der Waals surface area contributed by atoms with Crippen LogP contribution in [0.25, 0.3) is 10.9 Å². The van der Waals surface area contributed by atoms with Gasteiger partial charge in [0.15, 0.2) is 0 Å². The zero-order valence-electron chi connectivity index (χ0n) is 9.63. The van der Waals surface area contributed by atoms with Gasteiger partial charge in [0.1, 0.15) is 0 Å². The molecule has 17 heavy (non-hydrogen) atoms. The Labute approximate surface area is 111 Å². The van der Waals surface area contributed by atoms with E-state index >= 15 is 0 Å². The predicted molar refractivity (Wildman–Crippen MR) is 73.9 cm³/mol. The smallest absolute Gasteiger partial charge is 0.0895 e. The van der Waals surface area contributed by atoms with E-state index < -0.39 is 0 Å². The predicted octanol–water partition coefficient (Wildman–Crippen LogP) is 3.74. The van der Waals surface area contributed by atoms with Crippen molar-refractivity contribution < 1.29 is 0 Å². The summed E-state index contributed by atoms with van der Waals surface area (Å²) in [7, 11) is 0. The maximum atomic E-state index is 6.17. The summed E-state index contributed by atoms with van der Waals surface area (Å²) in [5.74, 6) is 0. The van der Waals surface area contributed by atoms with E-state index in [0.717, 1.165) is 35.0 Å². The Bertz CT molecular complexity index is 553. The zero-order valence-corrected chi connectivity index (χ0v) is 11.1. The molecule has 0 atom stereocenters. The van der Waals surface area contributed by atoms with Crippen LogP contribution in [0.4, 0.5) is 0 Å². The highest BCUT2D eigenvalue weighted by Gasteiger charge is 2.07. The first-order valence-electron chi connectivity index (χ1n) is 5.57. The Morgan fingerprint density at radius 1 is 1.24 bits per heavy atom. The van der Waals surface area contributed by atoms with Crippen LogP contribution >= 0.6 is 23.2 Å². The Morgan fingerprint density at radius 2 is 2.00 bits per heavy atom. The minimum absolute atomic E-state index is 0.602. The zero-order chi connectivity index (χ0) is 12.4. The molecular weight excluding hydrogens is 255 g/mol. The third kappa shape index (κ3) is 2.71. The molecule has 0 radical (unpaired) electrons. The molecular formula is C13H14Cl2N2. The van der Waals surface area contributed by atoms with Gasteiger partial charge in [0, 0.05) is 16.1 Å². The Morgan fingerprint density at radius 3 is 2.71 bits per heavy atom. The number of nitrogens with zero attached hydrogens (tertiary/aromatic N) is 1. The van der Waals surface area contributed by atoms with Crippen molar-refractivity contribution in [2.75, 3.05) is 6.54 Å². The van der Waals surface area contributed by atoms with E-state index in [-0.39, 0.29) is 0 Å². The minimum Gasteiger partial charge on any atom is -0.330 e. The van der Waals surface area contributed by atoms with E-state index in [4.69, 9.17) is 28.9 Å². The number of halogens is 2. The molecule has 0 saturated heterocycles. The number of rotatable bonds is 3. The summed E-state index contributed by atoms with van der Waals surface area (Å²) >= 11 is 12.2. The van der Waals surface area contributed by atoms with Gasteiger partial charge in [0.25, 0.3) is 0 Å². The van der Waals surface area contributed by atoms with Crippen LogP contribution in [0.5, 0.6) is 0 Å². The molecule has 0 aliphatic rings. The standard InChI is InChI=1S/C13H14Cl2N2/c1-8-5-10(3-2-4-16)17-13-11(8)6-9(14)7-12(13)15/h5-7H,2-4,16H2,1H3. The summed E-state index contributed by atoms with van der Waals surface area (Å²) < 4.78 is 0. The lowest BCUT2D eigenvalue weighted by Crippen LogP contribution is -2.02. The quantitative estimate of drug-likeness (QED) is 0.921. The summed E-state index contributed by atoms with van der Waals surface area (Å²) in [6.45, 7) is 2.72. The SMILES string of the molecule is Cc1cc(CCCN)nc2c(Cl)cc(Cl)cc12. The number of aromatic nitrogens is 1. The van der Waals surface area contributed by atoms with Gasteiger partial charge in [-0.05, 0) is 50.1 Å². The van der Waals surface area contributed by atoms with Crippen LogP contribution in [0.2, 0.25) is 10.0 Å². The van der Waals surface area contributed by atoms with Crippen molar-refractivity contribution in [2.45, 2.75) is 19.8 Å². The largest absolute Gasteiger partial charge is 0.330 e. The van der Waals surface area contributed by atoms with Gasteiger partial charge in [-0.15, -0.1) is 0 Å². The van der Waals surface area contributed by atoms with Crippen molar-refractivity contribution in [3.63, 3.8) is 0 Å². The number of hydrogen-bond donors (Lipinski definition) is 1. The summed E-state index contributed by atoms with van der Waals surface area (Å²) in [5.41, 5.74) is 8.50. The van der Waals surface area contributed by atoms with E-state index in [1.54, 1.807) is 6.07 Å². The molecule has 1 heterocycles. The number of pyridine rings is 1. The van der Waals surface area contributed by atoms with Gasteiger partial charge >= 0.3 is 0 Å². The normalized spacial score (nSPS) is 11.1. The highest BCUT2D eigenvalue weighted by molar-refractivity contribution is 6.38. The first kappa shape index (κ1) is 12.6. The summed E-state index contributed by atoms with van der Waals surface area (Å²) in [4.78, 5) is 4.57. The lowest BCUT2D eigenvalue weighted by Gasteiger charge is -2.08. The molecule has 1 aromatic carbocycles. The second-order valence-electron chi connectivity index (χ2n) is 4.11. The molecule has 2 rings (SSSR count). The van der Waals surface area contributed by atoms with Gasteiger partial charge in [-0.25, -0.2) is 0 Å². The van der Waals surface area contributed by atoms with Crippen LogP contribution in [-0.2, 0) is 6.42 Å². The molecule has 2 N–H and O–H groups in total. The third-order valence-corrected chi connectivity index (χ3v) is 3.23. The van der Waals surface area contributed by atoms with Crippen molar-refractivity contribution in [3.05, 3.63) is 39.5 Å². The van der Waals surface area contributed by atoms with Crippen LogP contribution < -0.4 is 5.73 Å². The molecule has 0 saturated carbocycles. The molecule has 0 aliphatic heterocycles. The van der Waals surface area contributed by atoms with Crippen molar-refractivity contribution in [1.82, 2.24) is 4.98 Å². The van der Waals surface area contributed by atoms with Crippen LogP contribution in [-0.4, -0.2) is 11.5 Å². The molecule has 90 valence electrons. The molecule has 2 aromatic rings. The molecule has 0 spiro atoms. The molecule has 4 heteroatoms. The van der Waals surface area contributed by atoms with Gasteiger partial charge < -0.3 is 5.73 Å². The van der Waals surface area contributed by atoms with E-state index in [0.29, 0.717) is 16.6 Å². The fraction of sp³-hybridized carbons (Fsp3) is 0.308. The highest BCUT2D eigenvalue weighted by Crippen LogP contribution is 2.29. The first-order valence-corrected chi connectivity index (χ1v) is 6.32. The van der Waals surface area contributed by atoms with Crippen LogP contribution in [0.15, 0.2) is 18.2 Å². The Hall–Kier alpha value is -0.830. The lowest BCUT2D eigenvalue weighted by molar-refractivity contribution is 0.813. The third-order valence-electron chi connectivity index (χ3n) is 2.73. The average molecular weight is 269 g/mol. The Kier molecular flexibility index (Phi) is 3.87. The number of aryl methyl sites for hydroxylation is 2. The van der Waals surface area contributed by atoms with E-state index in [1.807, 2.05) is 13.0 Å². The van der Waals surface area contributed by atoms with Gasteiger partial charge in [0.2, 0.25) is 0 Å². The van der Waals surface area contributed by atoms with Gasteiger partial charge in [-0.1, -0.05) is 23.2 Å². The number of benzene rings is 1. The lowest BCUT2D eigenvalue weighted by atomic mass is 10.1. The van der Waals surface area contributed by atoms with Crippen molar-refractivity contribution in [1.29, 1.82) is 0 Å². The van der Waals surface area contributed by atoms with Gasteiger partial charge in [-0.3, -0.25) is 4.98 Å². The molecule has 0 fully saturated rings. The number of hydrogen-bond acceptors (Lipinski definition) is 2. The molecule has 0 amide bonds. The fourth-order valence-electron chi connectivity index (χ4n) is 1.90. The van der Waals surface area contributed by atoms with E-state index in [9.17, 15) is 0 Å². The molecule has 0 unspecified atom stereocenters. The Balaban J connectivity index is 2.56. The van der Waals surface area contributed by atoms with Crippen LogP contribution in [0.3, 0.4) is 0 Å². The maximum Gasteiger partial charge on any atom is 0.0895 e. The maximum absolute atomic E-state index is 6.17. The van der Waals surface area contributed by atoms with E-state index in [1.165, 1.54) is 0 Å². The average Bonchev–Trinajstić information content (AvgIpc) is 2.28. The van der Waals surface area contributed by atoms with Gasteiger partial charge in [0.05, 0.1) is 10.5 Å². The number of nitrogens with two attached hydrogens (primary N) is 1. The second-order valence-corrected chi connectivity index (χ2v) is 4.95. The monoisotopic (exact) mass is 268 g/mol. The molecule has 1 aromatic heterocycles. The van der Waals surface area contributed by atoms with Crippen molar-refractivity contribution in [3.8, 4) is 0 Å². The van der Waals surface area contributed by atoms with E-state index in [2.05, 4.69) is 11.1 Å². The highest BCUT2D eigenvalue weighted by atomic mass is 35.5. The topological polar surface area (TPSA) is 38.9 Å². The molecule has 0 aliphatic carbocycles.